The lowest BCUT2D eigenvalue weighted by atomic mass is 9.82. The van der Waals surface area contributed by atoms with Crippen LogP contribution in [-0.4, -0.2) is 46.6 Å². The predicted octanol–water partition coefficient (Wildman–Crippen LogP) is 4.63. The van der Waals surface area contributed by atoms with Crippen molar-refractivity contribution in [1.29, 1.82) is 0 Å². The van der Waals surface area contributed by atoms with Gasteiger partial charge in [-0.1, -0.05) is 39.0 Å². The Labute approximate surface area is 201 Å². The van der Waals surface area contributed by atoms with Crippen molar-refractivity contribution in [3.63, 3.8) is 0 Å². The molecule has 1 aliphatic rings. The average molecular weight is 485 g/mol. The minimum absolute atomic E-state index is 0.0197. The van der Waals surface area contributed by atoms with Crippen molar-refractivity contribution in [3.8, 4) is 0 Å². The number of hydrogen-bond acceptors (Lipinski definition) is 8. The summed E-state index contributed by atoms with van der Waals surface area (Å²) in [4.78, 5) is 41.4. The first-order valence-electron chi connectivity index (χ1n) is 11.3. The van der Waals surface area contributed by atoms with E-state index in [0.29, 0.717) is 5.56 Å². The van der Waals surface area contributed by atoms with Crippen molar-refractivity contribution < 1.29 is 28.6 Å². The molecule has 1 aromatic carbocycles. The molecule has 0 amide bonds. The number of hydrogen-bond donors (Lipinski definition) is 0. The summed E-state index contributed by atoms with van der Waals surface area (Å²) in [5.41, 5.74) is 1.32. The summed E-state index contributed by atoms with van der Waals surface area (Å²) in [6, 6.07) is 7.52. The Balaban J connectivity index is 1.80. The van der Waals surface area contributed by atoms with E-state index in [1.165, 1.54) is 19.4 Å². The first kappa shape index (κ1) is 24.1. The second-order valence-electron chi connectivity index (χ2n) is 8.59. The van der Waals surface area contributed by atoms with Gasteiger partial charge < -0.3 is 18.8 Å². The van der Waals surface area contributed by atoms with Crippen molar-refractivity contribution in [2.75, 3.05) is 7.11 Å². The average Bonchev–Trinajstić information content (AvgIpc) is 3.47. The highest BCUT2D eigenvalue weighted by Crippen LogP contribution is 2.41. The zero-order valence-electron chi connectivity index (χ0n) is 19.8. The van der Waals surface area contributed by atoms with Crippen LogP contribution in [0.15, 0.2) is 35.8 Å². The van der Waals surface area contributed by atoms with E-state index in [0.717, 1.165) is 28.7 Å². The number of ether oxygens (including phenoxy) is 3. The van der Waals surface area contributed by atoms with Gasteiger partial charge in [0.15, 0.2) is 16.9 Å². The molecule has 9 heteroatoms. The van der Waals surface area contributed by atoms with Crippen molar-refractivity contribution in [2.45, 2.75) is 52.6 Å². The first-order chi connectivity index (χ1) is 16.3. The maximum Gasteiger partial charge on any atom is 0.357 e. The van der Waals surface area contributed by atoms with E-state index in [1.807, 2.05) is 28.8 Å². The van der Waals surface area contributed by atoms with Crippen LogP contribution < -0.4 is 0 Å². The minimum Gasteiger partial charge on any atom is -0.464 e. The van der Waals surface area contributed by atoms with Crippen molar-refractivity contribution >= 4 is 40.0 Å². The molecule has 1 fully saturated rings. The molecule has 5 unspecified atom stereocenters. The first-order valence-corrected chi connectivity index (χ1v) is 12.2. The normalized spacial score (nSPS) is 24.7. The van der Waals surface area contributed by atoms with Crippen LogP contribution in [0.4, 0.5) is 0 Å². The van der Waals surface area contributed by atoms with Crippen LogP contribution in [-0.2, 0) is 19.0 Å². The third-order valence-corrected chi connectivity index (χ3v) is 7.43. The van der Waals surface area contributed by atoms with Crippen LogP contribution >= 0.6 is 11.3 Å². The monoisotopic (exact) mass is 484 g/mol. The SMILES string of the molecule is CCC1OC(n2cc(C(=O)c3nc(C(=O)OC)cs3)c3ccccc32)C(OC(C)=O)C(C)C1C. The number of carbonyl (C=O) groups is 3. The molecule has 0 N–H and O–H groups in total. The lowest BCUT2D eigenvalue weighted by molar-refractivity contribution is -0.215. The fourth-order valence-corrected chi connectivity index (χ4v) is 5.35. The molecule has 1 saturated heterocycles. The van der Waals surface area contributed by atoms with E-state index in [4.69, 9.17) is 14.2 Å². The maximum absolute atomic E-state index is 13.4. The fraction of sp³-hybridized carbons (Fsp3) is 0.440. The summed E-state index contributed by atoms with van der Waals surface area (Å²) in [6.07, 6.45) is 1.43. The molecule has 180 valence electrons. The number of thiazole rings is 1. The van der Waals surface area contributed by atoms with Crippen LogP contribution in [0.3, 0.4) is 0 Å². The summed E-state index contributed by atoms with van der Waals surface area (Å²) in [5, 5.41) is 2.43. The number of para-hydroxylation sites is 1. The minimum atomic E-state index is -0.591. The van der Waals surface area contributed by atoms with Gasteiger partial charge in [-0.05, 0) is 18.4 Å². The molecule has 4 rings (SSSR count). The predicted molar refractivity (Wildman–Crippen MR) is 127 cm³/mol. The Bertz CT molecular complexity index is 1230. The molecule has 0 bridgehead atoms. The zero-order chi connectivity index (χ0) is 24.6. The van der Waals surface area contributed by atoms with Gasteiger partial charge in [0.2, 0.25) is 5.78 Å². The van der Waals surface area contributed by atoms with Crippen molar-refractivity contribution in [1.82, 2.24) is 9.55 Å². The van der Waals surface area contributed by atoms with Crippen LogP contribution in [0.5, 0.6) is 0 Å². The van der Waals surface area contributed by atoms with Gasteiger partial charge >= 0.3 is 11.9 Å². The van der Waals surface area contributed by atoms with E-state index in [1.54, 1.807) is 6.20 Å². The third-order valence-electron chi connectivity index (χ3n) is 6.59. The molecule has 8 nitrogen and oxygen atoms in total. The molecule has 0 aliphatic carbocycles. The molecule has 3 aromatic rings. The number of methoxy groups -OCH3 is 1. The van der Waals surface area contributed by atoms with E-state index < -0.39 is 18.3 Å². The van der Waals surface area contributed by atoms with E-state index >= 15 is 0 Å². The summed E-state index contributed by atoms with van der Waals surface area (Å²) < 4.78 is 18.8. The number of benzene rings is 1. The van der Waals surface area contributed by atoms with Gasteiger partial charge in [0, 0.05) is 29.8 Å². The number of rotatable bonds is 6. The lowest BCUT2D eigenvalue weighted by Crippen LogP contribution is -2.48. The number of aromatic nitrogens is 2. The Kier molecular flexibility index (Phi) is 6.86. The molecule has 0 saturated carbocycles. The molecule has 2 aromatic heterocycles. The molecular formula is C25H28N2O6S. The van der Waals surface area contributed by atoms with Gasteiger partial charge in [0.1, 0.15) is 6.10 Å². The lowest BCUT2D eigenvalue weighted by Gasteiger charge is -2.44. The van der Waals surface area contributed by atoms with Crippen LogP contribution in [0, 0.1) is 11.8 Å². The summed E-state index contributed by atoms with van der Waals surface area (Å²) >= 11 is 1.09. The largest absolute Gasteiger partial charge is 0.464 e. The van der Waals surface area contributed by atoms with Gasteiger partial charge in [-0.15, -0.1) is 11.3 Å². The molecule has 34 heavy (non-hydrogen) atoms. The van der Waals surface area contributed by atoms with Crippen molar-refractivity contribution in [2.24, 2.45) is 11.8 Å². The number of nitrogens with zero attached hydrogens (tertiary/aromatic N) is 2. The molecule has 5 atom stereocenters. The van der Waals surface area contributed by atoms with E-state index in [9.17, 15) is 14.4 Å². The van der Waals surface area contributed by atoms with Gasteiger partial charge in [-0.2, -0.15) is 0 Å². The molecular weight excluding hydrogens is 456 g/mol. The highest BCUT2D eigenvalue weighted by Gasteiger charge is 2.44. The second kappa shape index (κ2) is 9.68. The van der Waals surface area contributed by atoms with Gasteiger partial charge in [0.25, 0.3) is 0 Å². The van der Waals surface area contributed by atoms with E-state index in [-0.39, 0.29) is 40.4 Å². The Morgan fingerprint density at radius 1 is 1.18 bits per heavy atom. The zero-order valence-corrected chi connectivity index (χ0v) is 20.6. The molecule has 1 aliphatic heterocycles. The molecule has 0 radical (unpaired) electrons. The number of esters is 2. The number of ketones is 1. The van der Waals surface area contributed by atoms with Gasteiger partial charge in [0.05, 0.1) is 24.3 Å². The Hall–Kier alpha value is -3.04. The summed E-state index contributed by atoms with van der Waals surface area (Å²) in [6.45, 7) is 7.64. The summed E-state index contributed by atoms with van der Waals surface area (Å²) in [7, 11) is 1.27. The second-order valence-corrected chi connectivity index (χ2v) is 9.45. The summed E-state index contributed by atoms with van der Waals surface area (Å²) in [5.74, 6) is -1.02. The van der Waals surface area contributed by atoms with Crippen LogP contribution in [0.25, 0.3) is 10.9 Å². The Morgan fingerprint density at radius 3 is 2.59 bits per heavy atom. The molecule has 0 spiro atoms. The molecule has 3 heterocycles. The topological polar surface area (TPSA) is 96.7 Å². The quantitative estimate of drug-likeness (QED) is 0.372. The standard InChI is InChI=1S/C25H28N2O6S/c1-6-20-13(2)14(3)22(32-15(4)28)24(33-20)27-11-17(16-9-7-8-10-19(16)27)21(29)23-26-18(12-34-23)25(30)31-5/h7-14,20,22,24H,6H2,1-5H3. The number of carbonyl (C=O) groups excluding carboxylic acids is 3. The fourth-order valence-electron chi connectivity index (χ4n) is 4.61. The van der Waals surface area contributed by atoms with Crippen LogP contribution in [0.1, 0.15) is 66.2 Å². The smallest absolute Gasteiger partial charge is 0.357 e. The highest BCUT2D eigenvalue weighted by atomic mass is 32.1. The maximum atomic E-state index is 13.4. The third kappa shape index (κ3) is 4.25. The van der Waals surface area contributed by atoms with Gasteiger partial charge in [-0.3, -0.25) is 9.59 Å². The number of fused-ring (bicyclic) bond motifs is 1. The van der Waals surface area contributed by atoms with Crippen LogP contribution in [0.2, 0.25) is 0 Å². The van der Waals surface area contributed by atoms with Crippen molar-refractivity contribution in [3.05, 3.63) is 52.1 Å². The Morgan fingerprint density at radius 2 is 1.91 bits per heavy atom. The van der Waals surface area contributed by atoms with E-state index in [2.05, 4.69) is 25.8 Å². The van der Waals surface area contributed by atoms with Gasteiger partial charge in [-0.25, -0.2) is 9.78 Å². The highest BCUT2D eigenvalue weighted by molar-refractivity contribution is 7.12.